The van der Waals surface area contributed by atoms with Crippen LogP contribution in [0.2, 0.25) is 0 Å². The van der Waals surface area contributed by atoms with E-state index in [1.54, 1.807) is 7.11 Å². The predicted molar refractivity (Wildman–Crippen MR) is 76.6 cm³/mol. The van der Waals surface area contributed by atoms with Crippen molar-refractivity contribution in [2.75, 3.05) is 7.11 Å². The number of rotatable bonds is 2. The topological polar surface area (TPSA) is 42.1 Å². The van der Waals surface area contributed by atoms with Crippen molar-refractivity contribution in [3.8, 4) is 16.9 Å². The highest BCUT2D eigenvalue weighted by atomic mass is 16.5. The van der Waals surface area contributed by atoms with E-state index in [1.807, 2.05) is 54.6 Å². The van der Waals surface area contributed by atoms with E-state index >= 15 is 0 Å². The van der Waals surface area contributed by atoms with Crippen LogP contribution >= 0.6 is 0 Å². The van der Waals surface area contributed by atoms with Crippen molar-refractivity contribution in [3.63, 3.8) is 0 Å². The molecule has 19 heavy (non-hydrogen) atoms. The molecule has 1 aromatic heterocycles. The van der Waals surface area contributed by atoms with Crippen LogP contribution in [-0.4, -0.2) is 12.1 Å². The second-order valence-electron chi connectivity index (χ2n) is 4.33. The Hall–Kier alpha value is -2.55. The Morgan fingerprint density at radius 2 is 1.74 bits per heavy atom. The zero-order valence-corrected chi connectivity index (χ0v) is 10.5. The molecular formula is C16H13NO2. The van der Waals surface area contributed by atoms with Gasteiger partial charge < -0.3 is 9.72 Å². The first-order valence-corrected chi connectivity index (χ1v) is 6.04. The van der Waals surface area contributed by atoms with Crippen LogP contribution in [0.5, 0.6) is 5.75 Å². The van der Waals surface area contributed by atoms with Gasteiger partial charge in [0, 0.05) is 11.1 Å². The van der Waals surface area contributed by atoms with Gasteiger partial charge in [0.05, 0.1) is 7.11 Å². The highest BCUT2D eigenvalue weighted by Gasteiger charge is 2.05. The van der Waals surface area contributed by atoms with E-state index in [0.717, 1.165) is 22.2 Å². The fourth-order valence-electron chi connectivity index (χ4n) is 2.13. The summed E-state index contributed by atoms with van der Waals surface area (Å²) in [6.07, 6.45) is 0. The molecule has 0 saturated carbocycles. The molecule has 0 unspecified atom stereocenters. The minimum absolute atomic E-state index is 0.0798. The minimum Gasteiger partial charge on any atom is -0.497 e. The smallest absolute Gasteiger partial charge is 0.256 e. The average molecular weight is 251 g/mol. The Bertz CT molecular complexity index is 773. The van der Waals surface area contributed by atoms with E-state index in [0.29, 0.717) is 5.56 Å². The lowest BCUT2D eigenvalue weighted by Gasteiger charge is -2.05. The fourth-order valence-corrected chi connectivity index (χ4v) is 2.13. The molecule has 0 fully saturated rings. The maximum Gasteiger partial charge on any atom is 0.256 e. The monoisotopic (exact) mass is 251 g/mol. The third kappa shape index (κ3) is 2.10. The largest absolute Gasteiger partial charge is 0.497 e. The van der Waals surface area contributed by atoms with Crippen LogP contribution in [0.4, 0.5) is 0 Å². The van der Waals surface area contributed by atoms with E-state index in [1.165, 1.54) is 0 Å². The Morgan fingerprint density at radius 1 is 1.00 bits per heavy atom. The molecule has 1 N–H and O–H groups in total. The van der Waals surface area contributed by atoms with Crippen LogP contribution in [0.1, 0.15) is 0 Å². The molecule has 0 bridgehead atoms. The van der Waals surface area contributed by atoms with Crippen LogP contribution in [0, 0.1) is 0 Å². The van der Waals surface area contributed by atoms with Gasteiger partial charge in [0.15, 0.2) is 0 Å². The van der Waals surface area contributed by atoms with Crippen molar-refractivity contribution in [3.05, 3.63) is 65.0 Å². The lowest BCUT2D eigenvalue weighted by atomic mass is 10.1. The molecule has 0 aliphatic rings. The van der Waals surface area contributed by atoms with Gasteiger partial charge in [-0.1, -0.05) is 30.3 Å². The Morgan fingerprint density at radius 3 is 2.47 bits per heavy atom. The van der Waals surface area contributed by atoms with Crippen molar-refractivity contribution in [1.82, 2.24) is 4.98 Å². The van der Waals surface area contributed by atoms with Crippen LogP contribution in [0.3, 0.4) is 0 Å². The number of pyridine rings is 1. The number of H-pyrrole nitrogens is 1. The Balaban J connectivity index is 2.18. The quantitative estimate of drug-likeness (QED) is 0.760. The maximum atomic E-state index is 12.1. The molecule has 3 heteroatoms. The molecule has 0 spiro atoms. The first-order chi connectivity index (χ1) is 9.28. The van der Waals surface area contributed by atoms with Crippen LogP contribution in [0.15, 0.2) is 59.4 Å². The van der Waals surface area contributed by atoms with Crippen LogP contribution in [0.25, 0.3) is 22.0 Å². The van der Waals surface area contributed by atoms with E-state index in [2.05, 4.69) is 4.98 Å². The molecule has 3 nitrogen and oxygen atoms in total. The van der Waals surface area contributed by atoms with Gasteiger partial charge in [0.25, 0.3) is 5.56 Å². The van der Waals surface area contributed by atoms with E-state index in [4.69, 9.17) is 4.74 Å². The second-order valence-corrected chi connectivity index (χ2v) is 4.33. The van der Waals surface area contributed by atoms with Gasteiger partial charge in [0.1, 0.15) is 5.75 Å². The summed E-state index contributed by atoms with van der Waals surface area (Å²) in [6.45, 7) is 0. The summed E-state index contributed by atoms with van der Waals surface area (Å²) >= 11 is 0. The van der Waals surface area contributed by atoms with E-state index in [9.17, 15) is 4.79 Å². The van der Waals surface area contributed by atoms with Gasteiger partial charge in [-0.2, -0.15) is 0 Å². The number of nitrogens with one attached hydrogen (secondary N) is 1. The van der Waals surface area contributed by atoms with Crippen molar-refractivity contribution in [2.45, 2.75) is 0 Å². The molecule has 94 valence electrons. The third-order valence-electron chi connectivity index (χ3n) is 3.15. The Kier molecular flexibility index (Phi) is 2.80. The van der Waals surface area contributed by atoms with Crippen LogP contribution in [-0.2, 0) is 0 Å². The van der Waals surface area contributed by atoms with Gasteiger partial charge in [-0.3, -0.25) is 4.79 Å². The normalized spacial score (nSPS) is 10.6. The standard InChI is InChI=1S/C16H13NO2/c1-19-13-8-6-11(7-9-13)14-10-12-4-2-3-5-15(12)17-16(14)18/h2-10H,1H3,(H,17,18). The SMILES string of the molecule is COc1ccc(-c2cc3ccccc3[nH]c2=O)cc1. The summed E-state index contributed by atoms with van der Waals surface area (Å²) in [6, 6.07) is 17.1. The van der Waals surface area contributed by atoms with Crippen LogP contribution < -0.4 is 10.3 Å². The number of benzene rings is 2. The van der Waals surface area contributed by atoms with E-state index < -0.39 is 0 Å². The molecule has 0 atom stereocenters. The highest BCUT2D eigenvalue weighted by Crippen LogP contribution is 2.21. The summed E-state index contributed by atoms with van der Waals surface area (Å²) < 4.78 is 5.12. The molecule has 2 aromatic carbocycles. The van der Waals surface area contributed by atoms with Gasteiger partial charge in [-0.15, -0.1) is 0 Å². The number of hydrogen-bond donors (Lipinski definition) is 1. The number of ether oxygens (including phenoxy) is 1. The fraction of sp³-hybridized carbons (Fsp3) is 0.0625. The molecule has 1 heterocycles. The van der Waals surface area contributed by atoms with Gasteiger partial charge >= 0.3 is 0 Å². The lowest BCUT2D eigenvalue weighted by Crippen LogP contribution is -2.08. The van der Waals surface area contributed by atoms with Crippen molar-refractivity contribution in [2.24, 2.45) is 0 Å². The first kappa shape index (κ1) is 11.5. The molecule has 0 radical (unpaired) electrons. The highest BCUT2D eigenvalue weighted by molar-refractivity contribution is 5.83. The van der Waals surface area contributed by atoms with Gasteiger partial charge in [-0.05, 0) is 35.2 Å². The number of hydrogen-bond acceptors (Lipinski definition) is 2. The van der Waals surface area contributed by atoms with Gasteiger partial charge in [-0.25, -0.2) is 0 Å². The summed E-state index contributed by atoms with van der Waals surface area (Å²) in [5.41, 5.74) is 2.32. The number of aromatic nitrogens is 1. The molecule has 0 aliphatic heterocycles. The number of aromatic amines is 1. The number of fused-ring (bicyclic) bond motifs is 1. The summed E-state index contributed by atoms with van der Waals surface area (Å²) in [5, 5.41) is 1.02. The number of para-hydroxylation sites is 1. The summed E-state index contributed by atoms with van der Waals surface area (Å²) in [4.78, 5) is 15.0. The minimum atomic E-state index is -0.0798. The first-order valence-electron chi connectivity index (χ1n) is 6.04. The summed E-state index contributed by atoms with van der Waals surface area (Å²) in [5.74, 6) is 0.779. The molecule has 0 amide bonds. The van der Waals surface area contributed by atoms with Crippen molar-refractivity contribution in [1.29, 1.82) is 0 Å². The molecule has 0 aliphatic carbocycles. The molecule has 3 aromatic rings. The van der Waals surface area contributed by atoms with Gasteiger partial charge in [0.2, 0.25) is 0 Å². The zero-order valence-electron chi connectivity index (χ0n) is 10.5. The number of methoxy groups -OCH3 is 1. The second kappa shape index (κ2) is 4.61. The molecule has 3 rings (SSSR count). The summed E-state index contributed by atoms with van der Waals surface area (Å²) in [7, 11) is 1.62. The average Bonchev–Trinajstić information content (AvgIpc) is 2.47. The van der Waals surface area contributed by atoms with E-state index in [-0.39, 0.29) is 5.56 Å². The third-order valence-corrected chi connectivity index (χ3v) is 3.15. The lowest BCUT2D eigenvalue weighted by molar-refractivity contribution is 0.415. The van der Waals surface area contributed by atoms with Crippen molar-refractivity contribution < 1.29 is 4.74 Å². The maximum absolute atomic E-state index is 12.1. The molecule has 0 saturated heterocycles. The predicted octanol–water partition coefficient (Wildman–Crippen LogP) is 3.20. The zero-order chi connectivity index (χ0) is 13.2. The Labute approximate surface area is 110 Å². The van der Waals surface area contributed by atoms with Crippen molar-refractivity contribution >= 4 is 10.9 Å². The molecular weight excluding hydrogens is 238 g/mol.